The lowest BCUT2D eigenvalue weighted by molar-refractivity contribution is -0.141. The number of aromatic nitrogens is 1. The molecular formula is C15H23N3O. The van der Waals surface area contributed by atoms with Crippen molar-refractivity contribution >= 4 is 5.91 Å². The molecule has 0 bridgehead atoms. The highest BCUT2D eigenvalue weighted by molar-refractivity contribution is 5.86. The Morgan fingerprint density at radius 2 is 1.89 bits per heavy atom. The van der Waals surface area contributed by atoms with Crippen molar-refractivity contribution < 1.29 is 4.79 Å². The normalized spacial score (nSPS) is 22.1. The van der Waals surface area contributed by atoms with Gasteiger partial charge in [-0.25, -0.2) is 0 Å². The van der Waals surface area contributed by atoms with Gasteiger partial charge in [0, 0.05) is 24.5 Å². The van der Waals surface area contributed by atoms with E-state index in [2.05, 4.69) is 24.1 Å². The first-order chi connectivity index (χ1) is 8.83. The van der Waals surface area contributed by atoms with E-state index in [0.29, 0.717) is 6.54 Å². The van der Waals surface area contributed by atoms with Gasteiger partial charge >= 0.3 is 0 Å². The van der Waals surface area contributed by atoms with Crippen LogP contribution in [0.5, 0.6) is 0 Å². The predicted molar refractivity (Wildman–Crippen MR) is 75.6 cm³/mol. The Bertz CT molecular complexity index is 454. The number of pyridine rings is 1. The van der Waals surface area contributed by atoms with E-state index in [9.17, 15) is 4.79 Å². The first kappa shape index (κ1) is 14.0. The third-order valence-corrected chi connectivity index (χ3v) is 3.90. The fourth-order valence-corrected chi connectivity index (χ4v) is 2.46. The summed E-state index contributed by atoms with van der Waals surface area (Å²) in [4.78, 5) is 18.7. The van der Waals surface area contributed by atoms with Gasteiger partial charge in [-0.1, -0.05) is 0 Å². The quantitative estimate of drug-likeness (QED) is 0.885. The Hall–Kier alpha value is -1.42. The molecule has 0 saturated carbocycles. The van der Waals surface area contributed by atoms with Gasteiger partial charge in [0.15, 0.2) is 0 Å². The van der Waals surface area contributed by atoms with Crippen molar-refractivity contribution in [2.75, 3.05) is 6.54 Å². The molecule has 1 N–H and O–H groups in total. The molecule has 2 heterocycles. The number of amides is 1. The zero-order valence-corrected chi connectivity index (χ0v) is 12.2. The zero-order valence-electron chi connectivity index (χ0n) is 12.2. The van der Waals surface area contributed by atoms with Gasteiger partial charge in [-0.15, -0.1) is 0 Å². The molecule has 19 heavy (non-hydrogen) atoms. The zero-order chi connectivity index (χ0) is 14.1. The second-order valence-corrected chi connectivity index (χ2v) is 6.36. The van der Waals surface area contributed by atoms with E-state index in [4.69, 9.17) is 0 Å². The average Bonchev–Trinajstić information content (AvgIpc) is 2.41. The van der Waals surface area contributed by atoms with Crippen molar-refractivity contribution in [1.29, 1.82) is 0 Å². The highest BCUT2D eigenvalue weighted by Gasteiger charge is 2.41. The molecule has 0 atom stereocenters. The number of nitrogens with zero attached hydrogens (tertiary/aromatic N) is 2. The molecule has 1 aliphatic heterocycles. The Kier molecular flexibility index (Phi) is 3.63. The smallest absolute Gasteiger partial charge is 0.243 e. The summed E-state index contributed by atoms with van der Waals surface area (Å²) in [5, 5.41) is 3.34. The molecule has 4 nitrogen and oxygen atoms in total. The molecule has 1 fully saturated rings. The number of rotatable bonds is 2. The molecule has 0 radical (unpaired) electrons. The molecule has 104 valence electrons. The highest BCUT2D eigenvalue weighted by atomic mass is 16.2. The highest BCUT2D eigenvalue weighted by Crippen LogP contribution is 2.27. The summed E-state index contributed by atoms with van der Waals surface area (Å²) in [6.07, 6.45) is 4.50. The first-order valence-corrected chi connectivity index (χ1v) is 6.79. The van der Waals surface area contributed by atoms with Crippen LogP contribution in [-0.4, -0.2) is 33.4 Å². The molecule has 0 unspecified atom stereocenters. The van der Waals surface area contributed by atoms with Crippen LogP contribution in [0.4, 0.5) is 0 Å². The molecular weight excluding hydrogens is 238 g/mol. The van der Waals surface area contributed by atoms with Crippen molar-refractivity contribution in [3.8, 4) is 0 Å². The summed E-state index contributed by atoms with van der Waals surface area (Å²) in [6, 6.07) is 3.93. The molecule has 2 rings (SSSR count). The maximum Gasteiger partial charge on any atom is 0.243 e. The Morgan fingerprint density at radius 3 is 2.53 bits per heavy atom. The molecule has 1 aromatic heterocycles. The largest absolute Gasteiger partial charge is 0.332 e. The lowest BCUT2D eigenvalue weighted by Crippen LogP contribution is -2.55. The van der Waals surface area contributed by atoms with Gasteiger partial charge in [0.1, 0.15) is 0 Å². The van der Waals surface area contributed by atoms with Gasteiger partial charge in [-0.05, 0) is 58.4 Å². The summed E-state index contributed by atoms with van der Waals surface area (Å²) in [5.74, 6) is 0.159. The van der Waals surface area contributed by atoms with E-state index >= 15 is 0 Å². The number of carbonyl (C=O) groups is 1. The standard InChI is InChI=1S/C15H23N3O/c1-14(2)7-10-17-15(3,4)13(19)18(14)11-12-5-8-16-9-6-12/h5-6,8-9,17H,7,10-11H2,1-4H3. The molecule has 1 amide bonds. The van der Waals surface area contributed by atoms with E-state index in [1.54, 1.807) is 12.4 Å². The van der Waals surface area contributed by atoms with Gasteiger partial charge in [0.05, 0.1) is 5.54 Å². The van der Waals surface area contributed by atoms with Crippen molar-refractivity contribution in [3.05, 3.63) is 30.1 Å². The lowest BCUT2D eigenvalue weighted by atomic mass is 9.96. The maximum absolute atomic E-state index is 12.7. The third kappa shape index (κ3) is 2.95. The second kappa shape index (κ2) is 4.93. The molecule has 4 heteroatoms. The molecule has 0 aromatic carbocycles. The van der Waals surface area contributed by atoms with Gasteiger partial charge in [0.25, 0.3) is 0 Å². The Labute approximate surface area is 115 Å². The number of hydrogen-bond acceptors (Lipinski definition) is 3. The van der Waals surface area contributed by atoms with E-state index in [-0.39, 0.29) is 11.4 Å². The van der Waals surface area contributed by atoms with Crippen LogP contribution < -0.4 is 5.32 Å². The van der Waals surface area contributed by atoms with E-state index in [1.165, 1.54) is 0 Å². The van der Waals surface area contributed by atoms with Crippen molar-refractivity contribution in [3.63, 3.8) is 0 Å². The van der Waals surface area contributed by atoms with Crippen molar-refractivity contribution in [2.45, 2.75) is 51.7 Å². The van der Waals surface area contributed by atoms with Crippen LogP contribution in [0.2, 0.25) is 0 Å². The number of carbonyl (C=O) groups excluding carboxylic acids is 1. The third-order valence-electron chi connectivity index (χ3n) is 3.90. The fraction of sp³-hybridized carbons (Fsp3) is 0.600. The van der Waals surface area contributed by atoms with Crippen LogP contribution >= 0.6 is 0 Å². The summed E-state index contributed by atoms with van der Waals surface area (Å²) in [6.45, 7) is 9.68. The monoisotopic (exact) mass is 261 g/mol. The topological polar surface area (TPSA) is 45.2 Å². The van der Waals surface area contributed by atoms with Gasteiger partial charge in [-0.2, -0.15) is 0 Å². The predicted octanol–water partition coefficient (Wildman–Crippen LogP) is 1.96. The summed E-state index contributed by atoms with van der Waals surface area (Å²) in [5.41, 5.74) is 0.483. The SMILES string of the molecule is CC1(C)NCCC(C)(C)N(Cc2ccncc2)C1=O. The van der Waals surface area contributed by atoms with Crippen LogP contribution in [0.15, 0.2) is 24.5 Å². The van der Waals surface area contributed by atoms with Crippen LogP contribution in [0.25, 0.3) is 0 Å². The van der Waals surface area contributed by atoms with Crippen LogP contribution in [-0.2, 0) is 11.3 Å². The lowest BCUT2D eigenvalue weighted by Gasteiger charge is -2.39. The summed E-state index contributed by atoms with van der Waals surface area (Å²) >= 11 is 0. The molecule has 1 aromatic rings. The average molecular weight is 261 g/mol. The second-order valence-electron chi connectivity index (χ2n) is 6.36. The van der Waals surface area contributed by atoms with E-state index in [1.807, 2.05) is 30.9 Å². The van der Waals surface area contributed by atoms with Crippen molar-refractivity contribution in [1.82, 2.24) is 15.2 Å². The molecule has 1 saturated heterocycles. The number of nitrogens with one attached hydrogen (secondary N) is 1. The minimum absolute atomic E-state index is 0.138. The van der Waals surface area contributed by atoms with Gasteiger partial charge < -0.3 is 10.2 Å². The molecule has 1 aliphatic rings. The molecule has 0 spiro atoms. The van der Waals surface area contributed by atoms with Gasteiger partial charge in [-0.3, -0.25) is 9.78 Å². The van der Waals surface area contributed by atoms with Crippen LogP contribution in [0, 0.1) is 0 Å². The minimum atomic E-state index is -0.499. The minimum Gasteiger partial charge on any atom is -0.332 e. The summed E-state index contributed by atoms with van der Waals surface area (Å²) in [7, 11) is 0. The first-order valence-electron chi connectivity index (χ1n) is 6.79. The Morgan fingerprint density at radius 1 is 1.26 bits per heavy atom. The van der Waals surface area contributed by atoms with Gasteiger partial charge in [0.2, 0.25) is 5.91 Å². The Balaban J connectivity index is 2.29. The molecule has 0 aliphatic carbocycles. The maximum atomic E-state index is 12.7. The van der Waals surface area contributed by atoms with Crippen LogP contribution in [0.1, 0.15) is 39.7 Å². The van der Waals surface area contributed by atoms with E-state index < -0.39 is 5.54 Å². The fourth-order valence-electron chi connectivity index (χ4n) is 2.46. The number of hydrogen-bond donors (Lipinski definition) is 1. The summed E-state index contributed by atoms with van der Waals surface area (Å²) < 4.78 is 0. The van der Waals surface area contributed by atoms with Crippen LogP contribution in [0.3, 0.4) is 0 Å². The van der Waals surface area contributed by atoms with E-state index in [0.717, 1.165) is 18.5 Å². The van der Waals surface area contributed by atoms with Crippen molar-refractivity contribution in [2.24, 2.45) is 0 Å².